The van der Waals surface area contributed by atoms with Crippen LogP contribution < -0.4 is 9.80 Å². The second-order valence-corrected chi connectivity index (χ2v) is 11.0. The SMILES string of the molecule is CC1CCN(c2nc(N3CCCC3)nc3c2CN(S(=O)(=O)c2ccccc2)CC3)CC1. The van der Waals surface area contributed by atoms with Gasteiger partial charge in [-0.1, -0.05) is 25.1 Å². The van der Waals surface area contributed by atoms with E-state index in [1.54, 1.807) is 28.6 Å². The topological polar surface area (TPSA) is 69.6 Å². The van der Waals surface area contributed by atoms with Crippen molar-refractivity contribution in [2.24, 2.45) is 5.92 Å². The molecule has 0 N–H and O–H groups in total. The smallest absolute Gasteiger partial charge is 0.243 e. The predicted molar refractivity (Wildman–Crippen MR) is 122 cm³/mol. The minimum Gasteiger partial charge on any atom is -0.356 e. The second-order valence-electron chi connectivity index (χ2n) is 9.04. The Morgan fingerprint density at radius 1 is 0.903 bits per heavy atom. The average Bonchev–Trinajstić information content (AvgIpc) is 3.34. The highest BCUT2D eigenvalue weighted by molar-refractivity contribution is 7.89. The molecule has 0 aliphatic carbocycles. The molecule has 166 valence electrons. The number of anilines is 2. The Morgan fingerprint density at radius 3 is 2.32 bits per heavy atom. The average molecular weight is 442 g/mol. The fraction of sp³-hybridized carbons (Fsp3) is 0.565. The summed E-state index contributed by atoms with van der Waals surface area (Å²) >= 11 is 0. The van der Waals surface area contributed by atoms with Crippen molar-refractivity contribution in [3.63, 3.8) is 0 Å². The molecule has 3 aliphatic rings. The van der Waals surface area contributed by atoms with Crippen LogP contribution in [-0.4, -0.2) is 55.4 Å². The Labute approximate surface area is 185 Å². The van der Waals surface area contributed by atoms with E-state index in [-0.39, 0.29) is 0 Å². The number of rotatable bonds is 4. The molecule has 0 radical (unpaired) electrons. The van der Waals surface area contributed by atoms with Crippen LogP contribution in [0.5, 0.6) is 0 Å². The molecule has 0 unspecified atom stereocenters. The standard InChI is InChI=1S/C23H31N5O2S/c1-18-9-14-26(15-10-18)22-20-17-28(31(29,30)19-7-3-2-4-8-19)16-11-21(20)24-23(25-22)27-12-5-6-13-27/h2-4,7-8,18H,5-6,9-17H2,1H3. The number of nitrogens with zero attached hydrogens (tertiary/aromatic N) is 5. The summed E-state index contributed by atoms with van der Waals surface area (Å²) in [5, 5.41) is 0. The molecule has 1 aromatic heterocycles. The molecule has 31 heavy (non-hydrogen) atoms. The number of benzene rings is 1. The summed E-state index contributed by atoms with van der Waals surface area (Å²) < 4.78 is 28.1. The highest BCUT2D eigenvalue weighted by Crippen LogP contribution is 2.34. The van der Waals surface area contributed by atoms with Crippen LogP contribution in [0.4, 0.5) is 11.8 Å². The number of aromatic nitrogens is 2. The molecule has 0 bridgehead atoms. The third-order valence-electron chi connectivity index (χ3n) is 6.84. The normalized spacial score (nSPS) is 20.8. The second kappa shape index (κ2) is 8.39. The van der Waals surface area contributed by atoms with Crippen LogP contribution in [0.15, 0.2) is 35.2 Å². The first-order valence-electron chi connectivity index (χ1n) is 11.5. The summed E-state index contributed by atoms with van der Waals surface area (Å²) in [7, 11) is -3.54. The van der Waals surface area contributed by atoms with Gasteiger partial charge < -0.3 is 9.80 Å². The molecular weight excluding hydrogens is 410 g/mol. The Morgan fingerprint density at radius 2 is 1.61 bits per heavy atom. The van der Waals surface area contributed by atoms with Gasteiger partial charge in [-0.05, 0) is 43.7 Å². The Bertz CT molecular complexity index is 1030. The molecule has 0 atom stereocenters. The first-order chi connectivity index (χ1) is 15.0. The monoisotopic (exact) mass is 441 g/mol. The first-order valence-corrected chi connectivity index (χ1v) is 12.9. The van der Waals surface area contributed by atoms with Gasteiger partial charge in [0.05, 0.1) is 10.6 Å². The van der Waals surface area contributed by atoms with Crippen molar-refractivity contribution in [1.29, 1.82) is 0 Å². The third-order valence-corrected chi connectivity index (χ3v) is 8.70. The number of sulfonamides is 1. The van der Waals surface area contributed by atoms with E-state index in [4.69, 9.17) is 9.97 Å². The molecular formula is C23H31N5O2S. The summed E-state index contributed by atoms with van der Waals surface area (Å²) in [6.45, 7) is 7.04. The largest absolute Gasteiger partial charge is 0.356 e. The summed E-state index contributed by atoms with van der Waals surface area (Å²) in [4.78, 5) is 14.9. The minimum absolute atomic E-state index is 0.341. The molecule has 3 aliphatic heterocycles. The molecule has 2 aromatic rings. The van der Waals surface area contributed by atoms with Gasteiger partial charge in [-0.2, -0.15) is 9.29 Å². The molecule has 7 nitrogen and oxygen atoms in total. The van der Waals surface area contributed by atoms with E-state index in [9.17, 15) is 8.42 Å². The number of fused-ring (bicyclic) bond motifs is 1. The molecule has 5 rings (SSSR count). The third kappa shape index (κ3) is 4.03. The van der Waals surface area contributed by atoms with Crippen molar-refractivity contribution in [3.8, 4) is 0 Å². The highest BCUT2D eigenvalue weighted by atomic mass is 32.2. The zero-order valence-corrected chi connectivity index (χ0v) is 19.0. The maximum Gasteiger partial charge on any atom is 0.243 e. The van der Waals surface area contributed by atoms with E-state index in [2.05, 4.69) is 16.7 Å². The lowest BCUT2D eigenvalue weighted by atomic mass is 9.98. The zero-order valence-electron chi connectivity index (χ0n) is 18.2. The molecule has 0 amide bonds. The van der Waals surface area contributed by atoms with Gasteiger partial charge in [0.15, 0.2) is 0 Å². The van der Waals surface area contributed by atoms with Crippen molar-refractivity contribution >= 4 is 21.8 Å². The summed E-state index contributed by atoms with van der Waals surface area (Å²) in [5.74, 6) is 2.50. The quantitative estimate of drug-likeness (QED) is 0.726. The zero-order chi connectivity index (χ0) is 21.4. The van der Waals surface area contributed by atoms with Crippen LogP contribution in [0.1, 0.15) is 43.9 Å². The van der Waals surface area contributed by atoms with Crippen molar-refractivity contribution < 1.29 is 8.42 Å². The van der Waals surface area contributed by atoms with Gasteiger partial charge in [-0.3, -0.25) is 0 Å². The maximum atomic E-state index is 13.3. The lowest BCUT2D eigenvalue weighted by Gasteiger charge is -2.36. The van der Waals surface area contributed by atoms with Crippen molar-refractivity contribution in [2.45, 2.75) is 50.5 Å². The van der Waals surface area contributed by atoms with Crippen LogP contribution in [0.2, 0.25) is 0 Å². The van der Waals surface area contributed by atoms with E-state index >= 15 is 0 Å². The van der Waals surface area contributed by atoms with Gasteiger partial charge in [-0.15, -0.1) is 0 Å². The molecule has 2 saturated heterocycles. The molecule has 0 saturated carbocycles. The fourth-order valence-corrected chi connectivity index (χ4v) is 6.28. The van der Waals surface area contributed by atoms with Crippen molar-refractivity contribution in [2.75, 3.05) is 42.5 Å². The summed E-state index contributed by atoms with van der Waals surface area (Å²) in [5.41, 5.74) is 2.01. The number of hydrogen-bond donors (Lipinski definition) is 0. The summed E-state index contributed by atoms with van der Waals surface area (Å²) in [6, 6.07) is 8.73. The maximum absolute atomic E-state index is 13.3. The van der Waals surface area contributed by atoms with E-state index in [0.717, 1.165) is 68.0 Å². The number of hydrogen-bond acceptors (Lipinski definition) is 6. The van der Waals surface area contributed by atoms with Crippen LogP contribution in [-0.2, 0) is 23.0 Å². The highest BCUT2D eigenvalue weighted by Gasteiger charge is 2.33. The molecule has 2 fully saturated rings. The van der Waals surface area contributed by atoms with Crippen molar-refractivity contribution in [3.05, 3.63) is 41.6 Å². The fourth-order valence-electron chi connectivity index (χ4n) is 4.85. The van der Waals surface area contributed by atoms with Crippen molar-refractivity contribution in [1.82, 2.24) is 14.3 Å². The van der Waals surface area contributed by atoms with Crippen LogP contribution in [0.25, 0.3) is 0 Å². The lowest BCUT2D eigenvalue weighted by Crippen LogP contribution is -2.40. The van der Waals surface area contributed by atoms with Gasteiger partial charge in [-0.25, -0.2) is 13.4 Å². The first kappa shape index (κ1) is 20.7. The van der Waals surface area contributed by atoms with Crippen LogP contribution in [0, 0.1) is 5.92 Å². The molecule has 4 heterocycles. The molecule has 1 aromatic carbocycles. The van der Waals surface area contributed by atoms with Gasteiger partial charge in [0, 0.05) is 51.3 Å². The van der Waals surface area contributed by atoms with Gasteiger partial charge >= 0.3 is 0 Å². The van der Waals surface area contributed by atoms with E-state index in [0.29, 0.717) is 24.4 Å². The van der Waals surface area contributed by atoms with Gasteiger partial charge in [0.2, 0.25) is 16.0 Å². The van der Waals surface area contributed by atoms with Gasteiger partial charge in [0.25, 0.3) is 0 Å². The van der Waals surface area contributed by atoms with Gasteiger partial charge in [0.1, 0.15) is 5.82 Å². The predicted octanol–water partition coefficient (Wildman–Crippen LogP) is 3.06. The van der Waals surface area contributed by atoms with E-state index in [1.807, 2.05) is 6.07 Å². The van der Waals surface area contributed by atoms with E-state index in [1.165, 1.54) is 12.8 Å². The lowest BCUT2D eigenvalue weighted by molar-refractivity contribution is 0.384. The summed E-state index contributed by atoms with van der Waals surface area (Å²) in [6.07, 6.45) is 5.27. The Hall–Kier alpha value is -2.19. The van der Waals surface area contributed by atoms with Crippen LogP contribution in [0.3, 0.4) is 0 Å². The number of piperidine rings is 1. The molecule has 0 spiro atoms. The molecule has 8 heteroatoms. The Balaban J connectivity index is 1.51. The minimum atomic E-state index is -3.54. The Kier molecular flexibility index (Phi) is 5.60. The van der Waals surface area contributed by atoms with E-state index < -0.39 is 10.0 Å². The van der Waals surface area contributed by atoms with Crippen LogP contribution >= 0.6 is 0 Å².